The van der Waals surface area contributed by atoms with Crippen LogP contribution in [0.1, 0.15) is 36.4 Å². The third-order valence-electron chi connectivity index (χ3n) is 3.31. The number of hydrogen-bond donors (Lipinski definition) is 1. The standard InChI is InChI=1S/C14H20BrN3S/c1-3-18-14(12(15)10-17-18)13(16-2)8-4-6-11-7-5-9-19-11/h5,7,9-10,13,16H,3-4,6,8H2,1-2H3. The largest absolute Gasteiger partial charge is 0.312 e. The average Bonchev–Trinajstić information content (AvgIpc) is 3.05. The number of rotatable bonds is 7. The molecule has 0 saturated carbocycles. The van der Waals surface area contributed by atoms with Crippen molar-refractivity contribution in [1.29, 1.82) is 0 Å². The fourth-order valence-electron chi connectivity index (χ4n) is 2.32. The Labute approximate surface area is 127 Å². The van der Waals surface area contributed by atoms with E-state index in [1.165, 1.54) is 17.0 Å². The van der Waals surface area contributed by atoms with E-state index in [2.05, 4.69) is 55.5 Å². The zero-order valence-corrected chi connectivity index (χ0v) is 13.8. The van der Waals surface area contributed by atoms with Crippen molar-refractivity contribution in [2.45, 2.75) is 38.8 Å². The molecule has 1 atom stereocenters. The number of hydrogen-bond acceptors (Lipinski definition) is 3. The maximum Gasteiger partial charge on any atom is 0.0695 e. The van der Waals surface area contributed by atoms with Gasteiger partial charge in [-0.3, -0.25) is 4.68 Å². The van der Waals surface area contributed by atoms with Gasteiger partial charge in [0.05, 0.1) is 22.4 Å². The molecular weight excluding hydrogens is 322 g/mol. The summed E-state index contributed by atoms with van der Waals surface area (Å²) < 4.78 is 3.17. The topological polar surface area (TPSA) is 29.9 Å². The molecule has 104 valence electrons. The number of aryl methyl sites for hydroxylation is 2. The van der Waals surface area contributed by atoms with E-state index >= 15 is 0 Å². The summed E-state index contributed by atoms with van der Waals surface area (Å²) in [5.74, 6) is 0. The lowest BCUT2D eigenvalue weighted by Gasteiger charge is -2.18. The Morgan fingerprint density at radius 3 is 3.00 bits per heavy atom. The normalized spacial score (nSPS) is 12.8. The van der Waals surface area contributed by atoms with E-state index in [0.29, 0.717) is 6.04 Å². The van der Waals surface area contributed by atoms with Crippen LogP contribution in [0, 0.1) is 0 Å². The van der Waals surface area contributed by atoms with Crippen LogP contribution in [0.5, 0.6) is 0 Å². The van der Waals surface area contributed by atoms with Gasteiger partial charge in [0.2, 0.25) is 0 Å². The molecule has 0 fully saturated rings. The Morgan fingerprint density at radius 1 is 1.53 bits per heavy atom. The lowest BCUT2D eigenvalue weighted by molar-refractivity contribution is 0.475. The molecular formula is C14H20BrN3S. The molecule has 0 bridgehead atoms. The van der Waals surface area contributed by atoms with Gasteiger partial charge in [-0.15, -0.1) is 11.3 Å². The summed E-state index contributed by atoms with van der Waals surface area (Å²) in [6.45, 7) is 3.03. The number of nitrogens with zero attached hydrogens (tertiary/aromatic N) is 2. The Bertz CT molecular complexity index is 493. The lowest BCUT2D eigenvalue weighted by atomic mass is 10.1. The van der Waals surface area contributed by atoms with E-state index in [0.717, 1.165) is 23.9 Å². The first-order chi connectivity index (χ1) is 9.26. The molecule has 5 heteroatoms. The highest BCUT2D eigenvalue weighted by molar-refractivity contribution is 9.10. The maximum atomic E-state index is 4.39. The molecule has 0 radical (unpaired) electrons. The molecule has 0 aliphatic carbocycles. The predicted octanol–water partition coefficient (Wildman–Crippen LogP) is 4.01. The van der Waals surface area contributed by atoms with Crippen LogP contribution < -0.4 is 5.32 Å². The minimum absolute atomic E-state index is 0.358. The van der Waals surface area contributed by atoms with E-state index in [1.807, 2.05) is 24.6 Å². The van der Waals surface area contributed by atoms with Gasteiger partial charge in [-0.05, 0) is 60.6 Å². The van der Waals surface area contributed by atoms with E-state index in [9.17, 15) is 0 Å². The minimum Gasteiger partial charge on any atom is -0.312 e. The van der Waals surface area contributed by atoms with Crippen LogP contribution in [0.15, 0.2) is 28.2 Å². The van der Waals surface area contributed by atoms with Gasteiger partial charge in [0.1, 0.15) is 0 Å². The van der Waals surface area contributed by atoms with Crippen LogP contribution in [0.25, 0.3) is 0 Å². The molecule has 1 N–H and O–H groups in total. The van der Waals surface area contributed by atoms with Gasteiger partial charge in [0.15, 0.2) is 0 Å². The monoisotopic (exact) mass is 341 g/mol. The zero-order chi connectivity index (χ0) is 13.7. The van der Waals surface area contributed by atoms with Crippen LogP contribution in [0.2, 0.25) is 0 Å². The van der Waals surface area contributed by atoms with Crippen molar-refractivity contribution in [1.82, 2.24) is 15.1 Å². The predicted molar refractivity (Wildman–Crippen MR) is 84.7 cm³/mol. The van der Waals surface area contributed by atoms with E-state index in [-0.39, 0.29) is 0 Å². The van der Waals surface area contributed by atoms with Crippen molar-refractivity contribution in [2.24, 2.45) is 0 Å². The van der Waals surface area contributed by atoms with Crippen molar-refractivity contribution in [3.63, 3.8) is 0 Å². The molecule has 1 unspecified atom stereocenters. The highest BCUT2D eigenvalue weighted by atomic mass is 79.9. The van der Waals surface area contributed by atoms with Crippen LogP contribution in [-0.2, 0) is 13.0 Å². The average molecular weight is 342 g/mol. The molecule has 19 heavy (non-hydrogen) atoms. The van der Waals surface area contributed by atoms with Crippen LogP contribution >= 0.6 is 27.3 Å². The fraction of sp³-hybridized carbons (Fsp3) is 0.500. The number of nitrogens with one attached hydrogen (secondary N) is 1. The molecule has 0 spiro atoms. The Kier molecular flexibility index (Phi) is 5.60. The molecule has 2 aromatic rings. The van der Waals surface area contributed by atoms with Gasteiger partial charge in [-0.1, -0.05) is 6.07 Å². The van der Waals surface area contributed by atoms with Gasteiger partial charge in [0, 0.05) is 11.4 Å². The van der Waals surface area contributed by atoms with Gasteiger partial charge in [0.25, 0.3) is 0 Å². The summed E-state index contributed by atoms with van der Waals surface area (Å²) in [6, 6.07) is 4.69. The molecule has 2 aromatic heterocycles. The molecule has 2 rings (SSSR count). The first-order valence-electron chi connectivity index (χ1n) is 6.67. The van der Waals surface area contributed by atoms with Crippen molar-refractivity contribution >= 4 is 27.3 Å². The molecule has 3 nitrogen and oxygen atoms in total. The van der Waals surface area contributed by atoms with Crippen LogP contribution in [0.4, 0.5) is 0 Å². The Morgan fingerprint density at radius 2 is 2.37 bits per heavy atom. The Balaban J connectivity index is 1.97. The van der Waals surface area contributed by atoms with E-state index < -0.39 is 0 Å². The van der Waals surface area contributed by atoms with E-state index in [1.54, 1.807) is 0 Å². The third-order valence-corrected chi connectivity index (χ3v) is 4.85. The molecule has 0 aromatic carbocycles. The second-order valence-corrected chi connectivity index (χ2v) is 6.39. The van der Waals surface area contributed by atoms with Gasteiger partial charge < -0.3 is 5.32 Å². The van der Waals surface area contributed by atoms with Gasteiger partial charge >= 0.3 is 0 Å². The fourth-order valence-corrected chi connectivity index (χ4v) is 3.65. The highest BCUT2D eigenvalue weighted by Crippen LogP contribution is 2.27. The first-order valence-corrected chi connectivity index (χ1v) is 8.34. The molecule has 0 aliphatic heterocycles. The van der Waals surface area contributed by atoms with Gasteiger partial charge in [-0.25, -0.2) is 0 Å². The van der Waals surface area contributed by atoms with Crippen molar-refractivity contribution in [3.05, 3.63) is 38.8 Å². The van der Waals surface area contributed by atoms with Crippen molar-refractivity contribution < 1.29 is 0 Å². The van der Waals surface area contributed by atoms with Crippen molar-refractivity contribution in [2.75, 3.05) is 7.05 Å². The lowest BCUT2D eigenvalue weighted by Crippen LogP contribution is -2.21. The maximum absolute atomic E-state index is 4.39. The summed E-state index contributed by atoms with van der Waals surface area (Å²) in [4.78, 5) is 1.47. The summed E-state index contributed by atoms with van der Waals surface area (Å²) in [6.07, 6.45) is 5.36. The molecule has 0 saturated heterocycles. The highest BCUT2D eigenvalue weighted by Gasteiger charge is 2.17. The second kappa shape index (κ2) is 7.22. The summed E-state index contributed by atoms with van der Waals surface area (Å²) in [5.41, 5.74) is 1.26. The van der Waals surface area contributed by atoms with Crippen molar-refractivity contribution in [3.8, 4) is 0 Å². The quantitative estimate of drug-likeness (QED) is 0.824. The summed E-state index contributed by atoms with van der Waals surface area (Å²) in [5, 5.41) is 9.95. The molecule has 0 aliphatic rings. The first kappa shape index (κ1) is 14.8. The van der Waals surface area contributed by atoms with Gasteiger partial charge in [-0.2, -0.15) is 5.10 Å². The SMILES string of the molecule is CCn1ncc(Br)c1C(CCCc1cccs1)NC. The number of aromatic nitrogens is 2. The second-order valence-electron chi connectivity index (χ2n) is 4.51. The van der Waals surface area contributed by atoms with Crippen LogP contribution in [-0.4, -0.2) is 16.8 Å². The summed E-state index contributed by atoms with van der Waals surface area (Å²) >= 11 is 5.45. The smallest absolute Gasteiger partial charge is 0.0695 e. The minimum atomic E-state index is 0.358. The molecule has 0 amide bonds. The number of halogens is 1. The third kappa shape index (κ3) is 3.68. The zero-order valence-electron chi connectivity index (χ0n) is 11.4. The molecule has 2 heterocycles. The number of thiophene rings is 1. The van der Waals surface area contributed by atoms with E-state index in [4.69, 9.17) is 0 Å². The summed E-state index contributed by atoms with van der Waals surface area (Å²) in [7, 11) is 2.02. The Hall–Kier alpha value is -0.650. The van der Waals surface area contributed by atoms with Crippen LogP contribution in [0.3, 0.4) is 0 Å².